The second-order valence-corrected chi connectivity index (χ2v) is 15.5. The van der Waals surface area contributed by atoms with Gasteiger partial charge in [-0.15, -0.1) is 0 Å². The number of rotatable bonds is 15. The standard InChI is InChI=1S/C34H58N2O26/c1-8(41)35-15-20(46)27(12(5-39)55-30(15)53)60-31-16(36-9(2)42)21(47)28(13(6-40)58-31)61-34-25(51)23(49)18(44)14(59-34)7-54-32-26(52)29(19(45)11(4-38)56-32)62-33-24(50)22(48)17(43)10(3-37)57-33/h10-34,37-40,43-53H,3-7H2,1-2H3,(H,35,41)(H,36,42)/t10?,11?,12?,13?,14?,15?,16?,17-,18-,19-,20-,21-,22+,23+,24?,25?,26?,27-,28-,29+,30?,31+,32+,33-,34+/m1/s1. The molecule has 5 fully saturated rings. The summed E-state index contributed by atoms with van der Waals surface area (Å²) in [6.45, 7) is -2.22. The van der Waals surface area contributed by atoms with Crippen LogP contribution in [0.25, 0.3) is 0 Å². The van der Waals surface area contributed by atoms with Gasteiger partial charge in [0.05, 0.1) is 33.0 Å². The zero-order valence-corrected chi connectivity index (χ0v) is 33.2. The smallest absolute Gasteiger partial charge is 0.217 e. The van der Waals surface area contributed by atoms with Gasteiger partial charge in [0, 0.05) is 13.8 Å². The Kier molecular flexibility index (Phi) is 18.1. The molecule has 11 unspecified atom stereocenters. The van der Waals surface area contributed by atoms with Crippen molar-refractivity contribution in [3.8, 4) is 0 Å². The van der Waals surface area contributed by atoms with Crippen LogP contribution in [0.15, 0.2) is 0 Å². The predicted molar refractivity (Wildman–Crippen MR) is 190 cm³/mol. The third-order valence-electron chi connectivity index (χ3n) is 11.1. The van der Waals surface area contributed by atoms with Crippen LogP contribution in [0.4, 0.5) is 0 Å². The Morgan fingerprint density at radius 1 is 0.419 bits per heavy atom. The molecule has 5 rings (SSSR count). The highest BCUT2D eigenvalue weighted by Gasteiger charge is 2.55. The number of hydrogen-bond acceptors (Lipinski definition) is 26. The lowest BCUT2D eigenvalue weighted by Crippen LogP contribution is -2.70. The van der Waals surface area contributed by atoms with E-state index in [0.29, 0.717) is 0 Å². The largest absolute Gasteiger partial charge is 0.394 e. The lowest BCUT2D eigenvalue weighted by molar-refractivity contribution is -0.373. The van der Waals surface area contributed by atoms with Crippen LogP contribution in [-0.2, 0) is 52.2 Å². The van der Waals surface area contributed by atoms with Gasteiger partial charge in [0.25, 0.3) is 0 Å². The van der Waals surface area contributed by atoms with Gasteiger partial charge in [0.2, 0.25) is 11.8 Å². The molecule has 62 heavy (non-hydrogen) atoms. The molecular formula is C34H58N2O26. The predicted octanol–water partition coefficient (Wildman–Crippen LogP) is -11.6. The topological polar surface area (TPSA) is 445 Å². The van der Waals surface area contributed by atoms with Gasteiger partial charge < -0.3 is 130 Å². The molecule has 28 nitrogen and oxygen atoms in total. The van der Waals surface area contributed by atoms with Crippen molar-refractivity contribution in [3.63, 3.8) is 0 Å². The molecular weight excluding hydrogens is 852 g/mol. The fraction of sp³-hybridized carbons (Fsp3) is 0.941. The molecule has 28 heteroatoms. The van der Waals surface area contributed by atoms with E-state index in [1.165, 1.54) is 0 Å². The summed E-state index contributed by atoms with van der Waals surface area (Å²) in [5.41, 5.74) is 0. The molecule has 2 amide bonds. The number of carbonyl (C=O) groups is 2. The van der Waals surface area contributed by atoms with Gasteiger partial charge in [-0.2, -0.15) is 0 Å². The lowest BCUT2D eigenvalue weighted by Gasteiger charge is -2.49. The van der Waals surface area contributed by atoms with E-state index in [1.54, 1.807) is 0 Å². The molecule has 0 aliphatic carbocycles. The van der Waals surface area contributed by atoms with Crippen molar-refractivity contribution in [1.29, 1.82) is 0 Å². The number of amides is 2. The molecule has 17 N–H and O–H groups in total. The highest BCUT2D eigenvalue weighted by atomic mass is 16.8. The Bertz CT molecular complexity index is 1440. The number of aliphatic hydroxyl groups excluding tert-OH is 15. The number of ether oxygens (including phenoxy) is 9. The minimum absolute atomic E-state index is 0.680. The van der Waals surface area contributed by atoms with Crippen molar-refractivity contribution in [2.24, 2.45) is 0 Å². The summed E-state index contributed by atoms with van der Waals surface area (Å²) >= 11 is 0. The number of nitrogens with one attached hydrogen (secondary N) is 2. The van der Waals surface area contributed by atoms with Crippen molar-refractivity contribution in [1.82, 2.24) is 10.6 Å². The summed E-state index contributed by atoms with van der Waals surface area (Å²) < 4.78 is 50.4. The van der Waals surface area contributed by atoms with E-state index in [9.17, 15) is 86.2 Å². The molecule has 5 aliphatic rings. The minimum atomic E-state index is -2.08. The van der Waals surface area contributed by atoms with Crippen LogP contribution in [0.1, 0.15) is 13.8 Å². The van der Waals surface area contributed by atoms with Crippen molar-refractivity contribution in [2.45, 2.75) is 167 Å². The van der Waals surface area contributed by atoms with Gasteiger partial charge in [0.15, 0.2) is 31.5 Å². The van der Waals surface area contributed by atoms with Crippen LogP contribution in [0.2, 0.25) is 0 Å². The molecule has 5 heterocycles. The number of hydrogen-bond donors (Lipinski definition) is 17. The second-order valence-electron chi connectivity index (χ2n) is 15.5. The Hall–Kier alpha value is -2.02. The highest BCUT2D eigenvalue weighted by molar-refractivity contribution is 5.73. The zero-order valence-electron chi connectivity index (χ0n) is 33.2. The van der Waals surface area contributed by atoms with E-state index in [1.807, 2.05) is 0 Å². The molecule has 25 atom stereocenters. The Morgan fingerprint density at radius 3 is 1.35 bits per heavy atom. The van der Waals surface area contributed by atoms with Gasteiger partial charge in [-0.05, 0) is 0 Å². The third-order valence-corrected chi connectivity index (χ3v) is 11.1. The van der Waals surface area contributed by atoms with E-state index in [-0.39, 0.29) is 0 Å². The first kappa shape index (κ1) is 51.0. The first-order valence-electron chi connectivity index (χ1n) is 19.6. The van der Waals surface area contributed by atoms with Crippen LogP contribution in [0.3, 0.4) is 0 Å². The van der Waals surface area contributed by atoms with Gasteiger partial charge in [0.1, 0.15) is 122 Å². The number of aliphatic hydroxyl groups is 15. The summed E-state index contributed by atoms with van der Waals surface area (Å²) in [4.78, 5) is 24.1. The van der Waals surface area contributed by atoms with Gasteiger partial charge >= 0.3 is 0 Å². The summed E-state index contributed by atoms with van der Waals surface area (Å²) in [6, 6.07) is -3.12. The summed E-state index contributed by atoms with van der Waals surface area (Å²) in [6.07, 6.45) is -41.5. The van der Waals surface area contributed by atoms with Gasteiger partial charge in [-0.25, -0.2) is 0 Å². The van der Waals surface area contributed by atoms with Crippen molar-refractivity contribution in [3.05, 3.63) is 0 Å². The Labute approximate surface area is 351 Å². The molecule has 0 aromatic carbocycles. The fourth-order valence-corrected chi connectivity index (χ4v) is 7.73. The van der Waals surface area contributed by atoms with E-state index < -0.39 is 198 Å². The summed E-state index contributed by atoms with van der Waals surface area (Å²) in [5.74, 6) is -1.45. The average Bonchev–Trinajstić information content (AvgIpc) is 3.23. The van der Waals surface area contributed by atoms with E-state index in [0.717, 1.165) is 13.8 Å². The second kappa shape index (κ2) is 22.0. The zero-order chi connectivity index (χ0) is 45.9. The van der Waals surface area contributed by atoms with Crippen molar-refractivity contribution >= 4 is 11.8 Å². The normalized spacial score (nSPS) is 49.0. The average molecular weight is 911 g/mol. The molecule has 0 aromatic rings. The highest BCUT2D eigenvalue weighted by Crippen LogP contribution is 2.34. The summed E-state index contributed by atoms with van der Waals surface area (Å²) in [5, 5.41) is 162. The van der Waals surface area contributed by atoms with E-state index in [2.05, 4.69) is 10.6 Å². The molecule has 0 radical (unpaired) electrons. The van der Waals surface area contributed by atoms with Gasteiger partial charge in [-0.3, -0.25) is 9.59 Å². The molecule has 0 bridgehead atoms. The van der Waals surface area contributed by atoms with Crippen LogP contribution >= 0.6 is 0 Å². The minimum Gasteiger partial charge on any atom is -0.394 e. The van der Waals surface area contributed by atoms with Crippen LogP contribution < -0.4 is 10.6 Å². The van der Waals surface area contributed by atoms with Crippen LogP contribution in [0.5, 0.6) is 0 Å². The molecule has 0 saturated carbocycles. The summed E-state index contributed by atoms with van der Waals surface area (Å²) in [7, 11) is 0. The maximum atomic E-state index is 12.3. The molecule has 0 aromatic heterocycles. The molecule has 360 valence electrons. The molecule has 0 spiro atoms. The van der Waals surface area contributed by atoms with Crippen LogP contribution in [-0.4, -0.2) is 275 Å². The van der Waals surface area contributed by atoms with E-state index >= 15 is 0 Å². The SMILES string of the molecule is CC(=O)NC1C(O)OC(CO)[C@@H](O[C@@H]2OC(CO)[C@@H](O[C@@H]3OC(CO[C@H]4OC(CO)[C@@H](O)[C@H](O[C@H]5OC(CO)[C@@H](O)[C@H](O)C5O)C4O)[C@@H](O)[C@H](O)C3O)[C@H](O)C2NC(C)=O)[C@@H]1O. The van der Waals surface area contributed by atoms with E-state index in [4.69, 9.17) is 42.6 Å². The number of carbonyl (C=O) groups excluding carboxylic acids is 2. The lowest BCUT2D eigenvalue weighted by atomic mass is 9.94. The van der Waals surface area contributed by atoms with Gasteiger partial charge in [-0.1, -0.05) is 0 Å². The maximum Gasteiger partial charge on any atom is 0.217 e. The fourth-order valence-electron chi connectivity index (χ4n) is 7.73. The monoisotopic (exact) mass is 910 g/mol. The molecule has 5 aliphatic heterocycles. The Morgan fingerprint density at radius 2 is 0.823 bits per heavy atom. The third kappa shape index (κ3) is 11.0. The first-order chi connectivity index (χ1) is 29.3. The Balaban J connectivity index is 1.29. The quantitative estimate of drug-likeness (QED) is 0.0725. The van der Waals surface area contributed by atoms with Crippen molar-refractivity contribution in [2.75, 3.05) is 33.0 Å². The molecule has 5 saturated heterocycles. The van der Waals surface area contributed by atoms with Crippen molar-refractivity contribution < 1.29 is 129 Å². The van der Waals surface area contributed by atoms with Crippen LogP contribution in [0, 0.1) is 0 Å². The maximum absolute atomic E-state index is 12.3. The first-order valence-corrected chi connectivity index (χ1v) is 19.6.